The number of rotatable bonds is 5. The van der Waals surface area contributed by atoms with Crippen molar-refractivity contribution in [2.24, 2.45) is 0 Å². The molecular formula is C21H27N3O3S. The number of amides is 1. The van der Waals surface area contributed by atoms with Gasteiger partial charge in [-0.25, -0.2) is 13.1 Å². The molecule has 0 radical (unpaired) electrons. The fourth-order valence-corrected chi connectivity index (χ4v) is 5.40. The number of aryl methyl sites for hydroxylation is 2. The first-order chi connectivity index (χ1) is 13.5. The molecule has 1 amide bonds. The van der Waals surface area contributed by atoms with Crippen molar-refractivity contribution < 1.29 is 13.2 Å². The van der Waals surface area contributed by atoms with E-state index in [1.54, 1.807) is 12.1 Å². The van der Waals surface area contributed by atoms with E-state index in [4.69, 9.17) is 0 Å². The van der Waals surface area contributed by atoms with Gasteiger partial charge in [-0.2, -0.15) is 0 Å². The molecule has 1 aromatic heterocycles. The fraction of sp³-hybridized carbons (Fsp3) is 0.476. The third-order valence-corrected chi connectivity index (χ3v) is 7.38. The molecule has 2 heterocycles. The summed E-state index contributed by atoms with van der Waals surface area (Å²) in [5, 5.41) is 0. The Balaban J connectivity index is 1.36. The maximum absolute atomic E-state index is 12.6. The third-order valence-electron chi connectivity index (χ3n) is 5.92. The minimum Gasteiger partial charge on any atom is -0.348 e. The predicted octanol–water partition coefficient (Wildman–Crippen LogP) is 2.64. The Hall–Kier alpha value is -2.12. The van der Waals surface area contributed by atoms with Crippen molar-refractivity contribution in [2.75, 3.05) is 13.1 Å². The minimum absolute atomic E-state index is 0.00787. The predicted molar refractivity (Wildman–Crippen MR) is 107 cm³/mol. The summed E-state index contributed by atoms with van der Waals surface area (Å²) in [7, 11) is -3.60. The van der Waals surface area contributed by atoms with Crippen LogP contribution in [0.4, 0.5) is 0 Å². The number of carbonyl (C=O) groups is 1. The molecule has 0 saturated heterocycles. The van der Waals surface area contributed by atoms with Crippen LogP contribution in [0, 0.1) is 0 Å². The smallest absolute Gasteiger partial charge is 0.240 e. The molecule has 0 spiro atoms. The molecule has 1 aromatic carbocycles. The molecule has 4 rings (SSSR count). The Kier molecular flexibility index (Phi) is 5.29. The highest BCUT2D eigenvalue weighted by molar-refractivity contribution is 7.89. The molecule has 150 valence electrons. The number of aromatic nitrogens is 1. The first-order valence-electron chi connectivity index (χ1n) is 10.0. The van der Waals surface area contributed by atoms with Gasteiger partial charge < -0.3 is 9.47 Å². The lowest BCUT2D eigenvalue weighted by Crippen LogP contribution is -2.41. The zero-order valence-electron chi connectivity index (χ0n) is 16.2. The molecule has 1 atom stereocenters. The molecule has 1 N–H and O–H groups in total. The van der Waals surface area contributed by atoms with Crippen LogP contribution in [0.15, 0.2) is 41.4 Å². The van der Waals surface area contributed by atoms with E-state index in [1.165, 1.54) is 12.0 Å². The number of hydrogen-bond acceptors (Lipinski definition) is 3. The SMILES string of the molecule is CC1c2cccn2CCN1C(=O)CCNS(=O)(=O)c1ccc2c(c1)CCCC2. The van der Waals surface area contributed by atoms with E-state index >= 15 is 0 Å². The Bertz CT molecular complexity index is 981. The number of sulfonamides is 1. The summed E-state index contributed by atoms with van der Waals surface area (Å²) in [5.41, 5.74) is 3.51. The van der Waals surface area contributed by atoms with E-state index in [1.807, 2.05) is 36.2 Å². The lowest BCUT2D eigenvalue weighted by molar-refractivity contribution is -0.134. The van der Waals surface area contributed by atoms with Gasteiger partial charge in [0.15, 0.2) is 0 Å². The maximum Gasteiger partial charge on any atom is 0.240 e. The Morgan fingerprint density at radius 2 is 1.93 bits per heavy atom. The highest BCUT2D eigenvalue weighted by Gasteiger charge is 2.27. The van der Waals surface area contributed by atoms with Gasteiger partial charge >= 0.3 is 0 Å². The van der Waals surface area contributed by atoms with Crippen LogP contribution in [-0.4, -0.2) is 36.9 Å². The average Bonchev–Trinajstić information content (AvgIpc) is 3.17. The quantitative estimate of drug-likeness (QED) is 0.837. The van der Waals surface area contributed by atoms with E-state index < -0.39 is 10.0 Å². The number of benzene rings is 1. The topological polar surface area (TPSA) is 71.4 Å². The first-order valence-corrected chi connectivity index (χ1v) is 11.5. The molecule has 1 aliphatic heterocycles. The molecule has 2 aliphatic rings. The Morgan fingerprint density at radius 1 is 1.14 bits per heavy atom. The van der Waals surface area contributed by atoms with Crippen molar-refractivity contribution in [3.05, 3.63) is 53.3 Å². The average molecular weight is 402 g/mol. The molecule has 0 saturated carbocycles. The second-order valence-electron chi connectivity index (χ2n) is 7.67. The second-order valence-corrected chi connectivity index (χ2v) is 9.44. The zero-order chi connectivity index (χ0) is 19.7. The highest BCUT2D eigenvalue weighted by Crippen LogP contribution is 2.26. The van der Waals surface area contributed by atoms with Crippen molar-refractivity contribution in [1.82, 2.24) is 14.2 Å². The lowest BCUT2D eigenvalue weighted by Gasteiger charge is -2.35. The maximum atomic E-state index is 12.6. The minimum atomic E-state index is -3.60. The number of nitrogens with one attached hydrogen (secondary N) is 1. The molecule has 7 heteroatoms. The van der Waals surface area contributed by atoms with Gasteiger partial charge in [0.2, 0.25) is 15.9 Å². The first kappa shape index (κ1) is 19.2. The zero-order valence-corrected chi connectivity index (χ0v) is 17.0. The van der Waals surface area contributed by atoms with Gasteiger partial charge in [0.05, 0.1) is 10.9 Å². The number of fused-ring (bicyclic) bond motifs is 2. The summed E-state index contributed by atoms with van der Waals surface area (Å²) in [6.07, 6.45) is 6.42. The molecule has 6 nitrogen and oxygen atoms in total. The largest absolute Gasteiger partial charge is 0.348 e. The van der Waals surface area contributed by atoms with Crippen LogP contribution in [0.1, 0.15) is 49.0 Å². The molecule has 28 heavy (non-hydrogen) atoms. The Labute approximate surface area is 166 Å². The van der Waals surface area contributed by atoms with Crippen molar-refractivity contribution in [3.8, 4) is 0 Å². The molecule has 0 fully saturated rings. The molecular weight excluding hydrogens is 374 g/mol. The van der Waals surface area contributed by atoms with Crippen LogP contribution < -0.4 is 4.72 Å². The number of nitrogens with zero attached hydrogens (tertiary/aromatic N) is 2. The number of hydrogen-bond donors (Lipinski definition) is 1. The van der Waals surface area contributed by atoms with Crippen LogP contribution in [0.25, 0.3) is 0 Å². The van der Waals surface area contributed by atoms with Crippen LogP contribution in [0.5, 0.6) is 0 Å². The van der Waals surface area contributed by atoms with Gasteiger partial charge in [-0.3, -0.25) is 4.79 Å². The van der Waals surface area contributed by atoms with Gasteiger partial charge in [-0.15, -0.1) is 0 Å². The summed E-state index contributed by atoms with van der Waals surface area (Å²) >= 11 is 0. The van der Waals surface area contributed by atoms with Crippen LogP contribution in [0.2, 0.25) is 0 Å². The fourth-order valence-electron chi connectivity index (χ4n) is 4.32. The van der Waals surface area contributed by atoms with Crippen LogP contribution in [0.3, 0.4) is 0 Å². The summed E-state index contributed by atoms with van der Waals surface area (Å²) in [6, 6.07) is 9.43. The van der Waals surface area contributed by atoms with E-state index in [0.29, 0.717) is 11.4 Å². The second kappa shape index (κ2) is 7.72. The molecule has 1 aliphatic carbocycles. The van der Waals surface area contributed by atoms with Crippen molar-refractivity contribution in [1.29, 1.82) is 0 Å². The summed E-state index contributed by atoms with van der Waals surface area (Å²) in [5.74, 6) is -0.0203. The van der Waals surface area contributed by atoms with Gasteiger partial charge in [0.1, 0.15) is 0 Å². The highest BCUT2D eigenvalue weighted by atomic mass is 32.2. The molecule has 1 unspecified atom stereocenters. The summed E-state index contributed by atoms with van der Waals surface area (Å²) < 4.78 is 30.0. The molecule has 2 aromatic rings. The van der Waals surface area contributed by atoms with Crippen molar-refractivity contribution >= 4 is 15.9 Å². The van der Waals surface area contributed by atoms with Crippen molar-refractivity contribution in [2.45, 2.75) is 56.5 Å². The monoisotopic (exact) mass is 401 g/mol. The third kappa shape index (κ3) is 3.73. The van der Waals surface area contributed by atoms with E-state index in [0.717, 1.165) is 37.1 Å². The molecule has 0 bridgehead atoms. The van der Waals surface area contributed by atoms with Gasteiger partial charge in [0, 0.05) is 37.9 Å². The van der Waals surface area contributed by atoms with Gasteiger partial charge in [-0.05, 0) is 68.0 Å². The van der Waals surface area contributed by atoms with Crippen LogP contribution in [-0.2, 0) is 34.2 Å². The lowest BCUT2D eigenvalue weighted by atomic mass is 9.92. The van der Waals surface area contributed by atoms with Gasteiger partial charge in [-0.1, -0.05) is 6.07 Å². The van der Waals surface area contributed by atoms with Crippen molar-refractivity contribution in [3.63, 3.8) is 0 Å². The summed E-state index contributed by atoms with van der Waals surface area (Å²) in [4.78, 5) is 14.8. The normalized spacial score (nSPS) is 19.2. The summed E-state index contributed by atoms with van der Waals surface area (Å²) in [6.45, 7) is 3.56. The van der Waals surface area contributed by atoms with E-state index in [-0.39, 0.29) is 24.9 Å². The number of carbonyl (C=O) groups excluding carboxylic acids is 1. The standard InChI is InChI=1S/C21H27N3O3S/c1-16-20-7-4-12-23(20)13-14-24(16)21(25)10-11-22-28(26,27)19-9-8-17-5-2-3-6-18(17)15-19/h4,7-9,12,15-16,22H,2-3,5-6,10-11,13-14H2,1H3. The Morgan fingerprint density at radius 3 is 2.75 bits per heavy atom. The van der Waals surface area contributed by atoms with E-state index in [2.05, 4.69) is 9.29 Å². The van der Waals surface area contributed by atoms with Gasteiger partial charge in [0.25, 0.3) is 0 Å². The van der Waals surface area contributed by atoms with E-state index in [9.17, 15) is 13.2 Å². The van der Waals surface area contributed by atoms with Crippen LogP contribution >= 0.6 is 0 Å².